The van der Waals surface area contributed by atoms with E-state index in [1.54, 1.807) is 6.92 Å². The van der Waals surface area contributed by atoms with E-state index in [-0.39, 0.29) is 44.0 Å². The van der Waals surface area contributed by atoms with Crippen LogP contribution in [0.15, 0.2) is 48.5 Å². The van der Waals surface area contributed by atoms with Crippen LogP contribution in [0.4, 0.5) is 0 Å². The van der Waals surface area contributed by atoms with E-state index in [9.17, 15) is 29.4 Å². The Morgan fingerprint density at radius 1 is 0.425 bits per heavy atom. The molecule has 10 heterocycles. The predicted octanol–water partition coefficient (Wildman–Crippen LogP) is 14.9. The number of carbonyl (C=O) groups excluding carboxylic acids is 3. The average molecular weight is 1180 g/mol. The molecule has 0 radical (unpaired) electrons. The molecule has 4 aliphatic heterocycles. The Morgan fingerprint density at radius 2 is 0.747 bits per heavy atom. The van der Waals surface area contributed by atoms with Gasteiger partial charge < -0.3 is 44.4 Å². The van der Waals surface area contributed by atoms with Gasteiger partial charge in [0.05, 0.1) is 65.9 Å². The van der Waals surface area contributed by atoms with E-state index in [1.165, 1.54) is 25.3 Å². The molecule has 0 aromatic carbocycles. The molecule has 6 aromatic heterocycles. The number of aromatic nitrogens is 8. The van der Waals surface area contributed by atoms with E-state index in [0.717, 1.165) is 130 Å². The first-order valence-electron chi connectivity index (χ1n) is 30.1. The number of methoxy groups -OCH3 is 2. The summed E-state index contributed by atoms with van der Waals surface area (Å²) in [4.78, 5) is 87.3. The van der Waals surface area contributed by atoms with Crippen LogP contribution in [0.25, 0.3) is 88.7 Å². The first-order chi connectivity index (χ1) is 41.5. The van der Waals surface area contributed by atoms with Gasteiger partial charge in [0, 0.05) is 80.9 Å². The lowest BCUT2D eigenvalue weighted by Crippen LogP contribution is -2.09. The number of fused-ring (bicyclic) bond motifs is 16. The number of carboxylic acid groups (broad SMARTS) is 1. The summed E-state index contributed by atoms with van der Waals surface area (Å²) in [5, 5.41) is 21.3. The van der Waals surface area contributed by atoms with Crippen LogP contribution in [0.2, 0.25) is 0 Å². The highest BCUT2D eigenvalue weighted by atomic mass is 16.5. The topological polar surface area (TPSA) is 251 Å². The molecule has 17 heteroatoms. The van der Waals surface area contributed by atoms with Crippen molar-refractivity contribution in [2.24, 2.45) is 0 Å². The van der Waals surface area contributed by atoms with Crippen LogP contribution in [0.3, 0.4) is 0 Å². The van der Waals surface area contributed by atoms with Gasteiger partial charge in [0.15, 0.2) is 0 Å². The molecule has 17 nitrogen and oxygen atoms in total. The van der Waals surface area contributed by atoms with Crippen LogP contribution in [0.5, 0.6) is 0 Å². The van der Waals surface area contributed by atoms with E-state index < -0.39 is 24.1 Å². The Hall–Kier alpha value is -8.96. The van der Waals surface area contributed by atoms with E-state index in [2.05, 4.69) is 65.8 Å². The van der Waals surface area contributed by atoms with Crippen LogP contribution in [0.1, 0.15) is 209 Å². The number of nitrogens with one attached hydrogen (secondary N) is 4. The summed E-state index contributed by atoms with van der Waals surface area (Å²) in [6, 6.07) is 16.1. The van der Waals surface area contributed by atoms with Gasteiger partial charge in [-0.2, -0.15) is 0 Å². The third kappa shape index (κ3) is 11.9. The molecule has 2 atom stereocenters. The number of carbonyl (C=O) groups is 4. The molecule has 16 bridgehead atoms. The van der Waals surface area contributed by atoms with Crippen molar-refractivity contribution in [3.8, 4) is 0 Å². The van der Waals surface area contributed by atoms with Crippen LogP contribution < -0.4 is 0 Å². The molecule has 0 spiro atoms. The Morgan fingerprint density at radius 3 is 1.16 bits per heavy atom. The fourth-order valence-corrected chi connectivity index (χ4v) is 13.0. The van der Waals surface area contributed by atoms with Gasteiger partial charge in [0.1, 0.15) is 6.10 Å². The molecule has 10 rings (SSSR count). The van der Waals surface area contributed by atoms with Crippen molar-refractivity contribution < 1.29 is 43.6 Å². The number of hydrogen-bond acceptors (Lipinski definition) is 12. The Bertz CT molecular complexity index is 4380. The summed E-state index contributed by atoms with van der Waals surface area (Å²) in [5.41, 5.74) is 26.7. The summed E-state index contributed by atoms with van der Waals surface area (Å²) in [6.45, 7) is 24.1. The molecule has 4 aliphatic rings. The minimum Gasteiger partial charge on any atom is -0.481 e. The molecule has 0 fully saturated rings. The molecular weight excluding hydrogens is 1100 g/mol. The number of hydrogen-bond donors (Lipinski definition) is 6. The minimum absolute atomic E-state index is 0.0179. The number of carboxylic acids is 1. The second-order valence-corrected chi connectivity index (χ2v) is 23.3. The first-order valence-corrected chi connectivity index (χ1v) is 30.1. The predicted molar refractivity (Wildman–Crippen MR) is 343 cm³/mol. The highest BCUT2D eigenvalue weighted by Gasteiger charge is 2.28. The minimum atomic E-state index is -0.903. The van der Waals surface area contributed by atoms with Gasteiger partial charge in [-0.1, -0.05) is 13.8 Å². The van der Waals surface area contributed by atoms with Gasteiger partial charge in [-0.15, -0.1) is 0 Å². The van der Waals surface area contributed by atoms with Gasteiger partial charge in [-0.05, 0) is 234 Å². The lowest BCUT2D eigenvalue weighted by molar-refractivity contribution is -0.148. The third-order valence-corrected chi connectivity index (χ3v) is 18.1. The number of aliphatic carboxylic acids is 1. The Labute approximate surface area is 506 Å². The number of aromatic amines is 4. The Kier molecular flexibility index (Phi) is 17.4. The molecule has 452 valence electrons. The smallest absolute Gasteiger partial charge is 0.306 e. The van der Waals surface area contributed by atoms with Crippen molar-refractivity contribution in [3.05, 3.63) is 139 Å². The van der Waals surface area contributed by atoms with E-state index in [1.807, 2.05) is 78.8 Å². The monoisotopic (exact) mass is 1170 g/mol. The maximum absolute atomic E-state index is 14.6. The number of H-pyrrole nitrogens is 4. The van der Waals surface area contributed by atoms with E-state index >= 15 is 0 Å². The standard InChI is InChI=1S/C70H78N8O9/c1-15-43-33(3)49-25-50-35(5)45(17-21-65(80)81)59(73-50)31-62-48(37(7)53(75-62)28-58-44(16-2)34(4)52(72-58)27-57(43)71-49)20-24-68(84)87-42(12)70-40(10)55-26-51-36(6)46(18-22-66(82)85-13)60(74-51)32-61-47(19-23-67(83)86-14)38(8)54(76-61)29-63-69(41(11)79)39(9)56(77-63)30-64(70)78-55/h25-32,41-42,71-72,77-79H,15-24H2,1-14H3,(H,80,81). The third-order valence-electron chi connectivity index (χ3n) is 18.1. The molecule has 0 saturated heterocycles. The van der Waals surface area contributed by atoms with Gasteiger partial charge in [0.2, 0.25) is 0 Å². The number of aliphatic hydroxyl groups is 1. The zero-order chi connectivity index (χ0) is 62.4. The van der Waals surface area contributed by atoms with Crippen molar-refractivity contribution in [3.63, 3.8) is 0 Å². The SMILES string of the molecule is CCc1c(C)c2cc3[nH]c(cc4nc(cc5nc(cc1[nH]2)C(C)=C5CCC(=O)OC(C)c1c(C)c2cc5nc(cc6nc(cc7[nH]c(cc1[nH]2)c(C)c7C(C)O)C(C)=C6CCC(=O)OC)C(CCC(=O)OC)=C5C)C(CCC(=O)O)=C4C)c(C)c3CC. The van der Waals surface area contributed by atoms with Crippen LogP contribution in [0, 0.1) is 27.7 Å². The summed E-state index contributed by atoms with van der Waals surface area (Å²) in [5.74, 6) is -2.03. The summed E-state index contributed by atoms with van der Waals surface area (Å²) in [7, 11) is 2.74. The summed E-state index contributed by atoms with van der Waals surface area (Å²) >= 11 is 0. The summed E-state index contributed by atoms with van der Waals surface area (Å²) in [6.07, 6.45) is 1.48. The second-order valence-electron chi connectivity index (χ2n) is 23.3. The number of aliphatic hydroxyl groups excluding tert-OH is 1. The number of esters is 3. The molecule has 0 saturated carbocycles. The second kappa shape index (κ2) is 24.8. The zero-order valence-corrected chi connectivity index (χ0v) is 52.4. The van der Waals surface area contributed by atoms with Crippen molar-refractivity contribution >= 4 is 113 Å². The number of rotatable bonds is 17. The van der Waals surface area contributed by atoms with E-state index in [0.29, 0.717) is 70.0 Å². The number of nitrogens with zero attached hydrogens (tertiary/aromatic N) is 4. The van der Waals surface area contributed by atoms with Gasteiger partial charge in [-0.3, -0.25) is 19.2 Å². The average Bonchev–Trinajstić information content (AvgIpc) is 1.86. The van der Waals surface area contributed by atoms with Crippen molar-refractivity contribution in [1.29, 1.82) is 0 Å². The van der Waals surface area contributed by atoms with Crippen LogP contribution in [-0.2, 0) is 46.2 Å². The fourth-order valence-electron chi connectivity index (χ4n) is 13.0. The molecule has 6 N–H and O–H groups in total. The first kappa shape index (κ1) is 61.1. The molecule has 0 aliphatic carbocycles. The fraction of sp³-hybridized carbons (Fsp3) is 0.371. The zero-order valence-electron chi connectivity index (χ0n) is 52.4. The Balaban J connectivity index is 1.08. The molecule has 0 amide bonds. The van der Waals surface area contributed by atoms with Crippen molar-refractivity contribution in [2.45, 2.75) is 160 Å². The normalized spacial score (nSPS) is 14.1. The number of aryl methyl sites for hydroxylation is 6. The van der Waals surface area contributed by atoms with Gasteiger partial charge >= 0.3 is 23.9 Å². The maximum Gasteiger partial charge on any atom is 0.306 e. The molecular formula is C70H78N8O9. The largest absolute Gasteiger partial charge is 0.481 e. The van der Waals surface area contributed by atoms with Crippen molar-refractivity contribution in [2.75, 3.05) is 14.2 Å². The molecule has 87 heavy (non-hydrogen) atoms. The van der Waals surface area contributed by atoms with Gasteiger partial charge in [0.25, 0.3) is 0 Å². The highest BCUT2D eigenvalue weighted by Crippen LogP contribution is 2.42. The molecule has 6 aromatic rings. The molecule has 2 unspecified atom stereocenters. The summed E-state index contributed by atoms with van der Waals surface area (Å²) < 4.78 is 16.6. The number of allylic oxidation sites excluding steroid dienone is 8. The quantitative estimate of drug-likeness (QED) is 0.0368. The lowest BCUT2D eigenvalue weighted by atomic mass is 9.98. The highest BCUT2D eigenvalue weighted by molar-refractivity contribution is 5.99. The van der Waals surface area contributed by atoms with Gasteiger partial charge in [-0.25, -0.2) is 19.9 Å². The van der Waals surface area contributed by atoms with E-state index in [4.69, 9.17) is 34.1 Å². The maximum atomic E-state index is 14.6. The van der Waals surface area contributed by atoms with Crippen LogP contribution >= 0.6 is 0 Å². The van der Waals surface area contributed by atoms with Crippen LogP contribution in [-0.4, -0.2) is 88.2 Å². The van der Waals surface area contributed by atoms with Crippen molar-refractivity contribution in [1.82, 2.24) is 39.9 Å². The lowest BCUT2D eigenvalue weighted by Gasteiger charge is -2.14. The number of ether oxygens (including phenoxy) is 3.